The number of aromatic nitrogens is 2. The summed E-state index contributed by atoms with van der Waals surface area (Å²) in [6.45, 7) is 6.30. The van der Waals surface area contributed by atoms with Gasteiger partial charge in [0.15, 0.2) is 0 Å². The Morgan fingerprint density at radius 3 is 2.65 bits per heavy atom. The Bertz CT molecular complexity index is 391. The first-order valence-corrected chi connectivity index (χ1v) is 6.12. The fraction of sp³-hybridized carbons (Fsp3) is 0.636. The molecule has 1 fully saturated rings. The van der Waals surface area contributed by atoms with Crippen LogP contribution in [0.4, 0.5) is 11.8 Å². The minimum absolute atomic E-state index is 0.228. The van der Waals surface area contributed by atoms with Gasteiger partial charge in [-0.2, -0.15) is 4.98 Å². The van der Waals surface area contributed by atoms with Crippen LogP contribution in [0.3, 0.4) is 0 Å². The number of anilines is 2. The predicted molar refractivity (Wildman–Crippen MR) is 70.4 cm³/mol. The standard InChI is InChI=1S/C11H18ClN5/c1-7-6-17(8(2)5-16(7)3)10-4-9(12)14-11(13)15-10/h4,7-8H,5-6H2,1-3H3,(H2,13,14,15)/t7-,8-/m1/s1. The second kappa shape index (κ2) is 4.66. The Balaban J connectivity index is 2.26. The summed E-state index contributed by atoms with van der Waals surface area (Å²) in [6.07, 6.45) is 0. The fourth-order valence-electron chi connectivity index (χ4n) is 2.19. The molecule has 94 valence electrons. The molecule has 1 aromatic rings. The van der Waals surface area contributed by atoms with Gasteiger partial charge in [0.25, 0.3) is 0 Å². The molecule has 2 heterocycles. The van der Waals surface area contributed by atoms with Gasteiger partial charge in [0.2, 0.25) is 5.95 Å². The number of piperazine rings is 1. The van der Waals surface area contributed by atoms with Crippen LogP contribution >= 0.6 is 11.6 Å². The summed E-state index contributed by atoms with van der Waals surface area (Å²) in [5.74, 6) is 1.04. The molecule has 2 rings (SSSR count). The predicted octanol–water partition coefficient (Wildman–Crippen LogP) is 1.24. The van der Waals surface area contributed by atoms with Gasteiger partial charge in [-0.05, 0) is 20.9 Å². The average molecular weight is 256 g/mol. The van der Waals surface area contributed by atoms with E-state index >= 15 is 0 Å². The lowest BCUT2D eigenvalue weighted by Crippen LogP contribution is -2.55. The summed E-state index contributed by atoms with van der Waals surface area (Å²) < 4.78 is 0. The van der Waals surface area contributed by atoms with Crippen LogP contribution in [0.15, 0.2) is 6.07 Å². The first-order chi connectivity index (χ1) is 7.97. The second-order valence-electron chi connectivity index (χ2n) is 4.70. The van der Waals surface area contributed by atoms with Gasteiger partial charge in [0, 0.05) is 31.2 Å². The van der Waals surface area contributed by atoms with Crippen molar-refractivity contribution in [3.8, 4) is 0 Å². The van der Waals surface area contributed by atoms with Gasteiger partial charge in [-0.1, -0.05) is 11.6 Å². The Morgan fingerprint density at radius 2 is 2.00 bits per heavy atom. The number of nitrogens with two attached hydrogens (primary N) is 1. The maximum absolute atomic E-state index is 5.91. The van der Waals surface area contributed by atoms with E-state index in [0.717, 1.165) is 18.9 Å². The van der Waals surface area contributed by atoms with E-state index in [9.17, 15) is 0 Å². The highest BCUT2D eigenvalue weighted by Crippen LogP contribution is 2.23. The van der Waals surface area contributed by atoms with E-state index in [2.05, 4.69) is 40.7 Å². The first-order valence-electron chi connectivity index (χ1n) is 5.74. The summed E-state index contributed by atoms with van der Waals surface area (Å²) in [6, 6.07) is 2.65. The third kappa shape index (κ3) is 2.61. The molecule has 1 saturated heterocycles. The van der Waals surface area contributed by atoms with Crippen molar-refractivity contribution < 1.29 is 0 Å². The van der Waals surface area contributed by atoms with Gasteiger partial charge in [-0.25, -0.2) is 4.98 Å². The van der Waals surface area contributed by atoms with Crippen molar-refractivity contribution in [2.45, 2.75) is 25.9 Å². The van der Waals surface area contributed by atoms with Crippen molar-refractivity contribution in [1.29, 1.82) is 0 Å². The molecule has 6 heteroatoms. The lowest BCUT2D eigenvalue weighted by atomic mass is 10.1. The summed E-state index contributed by atoms with van der Waals surface area (Å²) in [5.41, 5.74) is 5.63. The van der Waals surface area contributed by atoms with Crippen molar-refractivity contribution in [3.63, 3.8) is 0 Å². The van der Waals surface area contributed by atoms with Gasteiger partial charge in [0.05, 0.1) is 0 Å². The third-order valence-corrected chi connectivity index (χ3v) is 3.48. The van der Waals surface area contributed by atoms with Gasteiger partial charge < -0.3 is 10.6 Å². The smallest absolute Gasteiger partial charge is 0.223 e. The summed E-state index contributed by atoms with van der Waals surface area (Å²) in [5, 5.41) is 0.395. The number of rotatable bonds is 1. The Hall–Kier alpha value is -1.07. The van der Waals surface area contributed by atoms with E-state index in [1.807, 2.05) is 0 Å². The third-order valence-electron chi connectivity index (χ3n) is 3.29. The zero-order chi connectivity index (χ0) is 12.6. The van der Waals surface area contributed by atoms with E-state index in [0.29, 0.717) is 17.2 Å². The van der Waals surface area contributed by atoms with E-state index in [4.69, 9.17) is 17.3 Å². The Labute approximate surface area is 107 Å². The highest BCUT2D eigenvalue weighted by molar-refractivity contribution is 6.29. The van der Waals surface area contributed by atoms with Crippen molar-refractivity contribution in [3.05, 3.63) is 11.2 Å². The highest BCUT2D eigenvalue weighted by Gasteiger charge is 2.27. The summed E-state index contributed by atoms with van der Waals surface area (Å²) in [7, 11) is 2.14. The molecule has 1 aliphatic rings. The number of halogens is 1. The van der Waals surface area contributed by atoms with Crippen LogP contribution < -0.4 is 10.6 Å². The van der Waals surface area contributed by atoms with Crippen LogP contribution in [0.1, 0.15) is 13.8 Å². The number of nitrogen functional groups attached to an aromatic ring is 1. The quantitative estimate of drug-likeness (QED) is 0.766. The largest absolute Gasteiger partial charge is 0.368 e. The molecule has 2 atom stereocenters. The molecule has 0 bridgehead atoms. The Kier molecular flexibility index (Phi) is 3.40. The monoisotopic (exact) mass is 255 g/mol. The maximum Gasteiger partial charge on any atom is 0.223 e. The van der Waals surface area contributed by atoms with Crippen LogP contribution in [-0.4, -0.2) is 47.1 Å². The molecule has 0 aliphatic carbocycles. The summed E-state index contributed by atoms with van der Waals surface area (Å²) >= 11 is 5.91. The highest BCUT2D eigenvalue weighted by atomic mass is 35.5. The van der Waals surface area contributed by atoms with Crippen LogP contribution in [0.5, 0.6) is 0 Å². The van der Waals surface area contributed by atoms with Gasteiger partial charge in [-0.15, -0.1) is 0 Å². The molecule has 0 aromatic carbocycles. The van der Waals surface area contributed by atoms with E-state index in [1.165, 1.54) is 0 Å². The van der Waals surface area contributed by atoms with Crippen molar-refractivity contribution in [1.82, 2.24) is 14.9 Å². The minimum Gasteiger partial charge on any atom is -0.368 e. The van der Waals surface area contributed by atoms with Gasteiger partial charge in [0.1, 0.15) is 11.0 Å². The molecule has 0 unspecified atom stereocenters. The van der Waals surface area contributed by atoms with Gasteiger partial charge in [-0.3, -0.25) is 4.90 Å². The zero-order valence-electron chi connectivity index (χ0n) is 10.4. The summed E-state index contributed by atoms with van der Waals surface area (Å²) in [4.78, 5) is 12.7. The molecular formula is C11H18ClN5. The first kappa shape index (κ1) is 12.4. The number of likely N-dealkylation sites (N-methyl/N-ethyl adjacent to an activating group) is 1. The second-order valence-corrected chi connectivity index (χ2v) is 5.08. The Morgan fingerprint density at radius 1 is 1.29 bits per heavy atom. The van der Waals surface area contributed by atoms with E-state index in [1.54, 1.807) is 6.07 Å². The number of hydrogen-bond donors (Lipinski definition) is 1. The molecule has 1 aliphatic heterocycles. The molecule has 0 amide bonds. The minimum atomic E-state index is 0.228. The van der Waals surface area contributed by atoms with Crippen LogP contribution in [0.25, 0.3) is 0 Å². The lowest BCUT2D eigenvalue weighted by Gasteiger charge is -2.43. The van der Waals surface area contributed by atoms with E-state index in [-0.39, 0.29) is 5.95 Å². The molecule has 17 heavy (non-hydrogen) atoms. The molecule has 2 N–H and O–H groups in total. The molecule has 1 aromatic heterocycles. The van der Waals surface area contributed by atoms with Gasteiger partial charge >= 0.3 is 0 Å². The topological polar surface area (TPSA) is 58.3 Å². The molecule has 0 spiro atoms. The molecular weight excluding hydrogens is 238 g/mol. The van der Waals surface area contributed by atoms with Crippen LogP contribution in [0, 0.1) is 0 Å². The SMILES string of the molecule is C[C@@H]1CN(c2cc(Cl)nc(N)n2)[C@H](C)CN1C. The molecule has 0 saturated carbocycles. The van der Waals surface area contributed by atoms with E-state index < -0.39 is 0 Å². The van der Waals surface area contributed by atoms with Crippen LogP contribution in [-0.2, 0) is 0 Å². The van der Waals surface area contributed by atoms with Crippen LogP contribution in [0.2, 0.25) is 5.15 Å². The number of hydrogen-bond acceptors (Lipinski definition) is 5. The normalized spacial score (nSPS) is 26.2. The fourth-order valence-corrected chi connectivity index (χ4v) is 2.37. The zero-order valence-corrected chi connectivity index (χ0v) is 11.1. The number of nitrogens with zero attached hydrogens (tertiary/aromatic N) is 4. The molecule has 0 radical (unpaired) electrons. The molecule has 5 nitrogen and oxygen atoms in total. The van der Waals surface area contributed by atoms with Crippen molar-refractivity contribution >= 4 is 23.4 Å². The maximum atomic E-state index is 5.91. The lowest BCUT2D eigenvalue weighted by molar-refractivity contribution is 0.205. The average Bonchev–Trinajstić information content (AvgIpc) is 2.22. The van der Waals surface area contributed by atoms with Crippen molar-refractivity contribution in [2.24, 2.45) is 0 Å². The van der Waals surface area contributed by atoms with Crippen molar-refractivity contribution in [2.75, 3.05) is 30.8 Å².